The van der Waals surface area contributed by atoms with Crippen molar-refractivity contribution in [2.75, 3.05) is 6.61 Å². The van der Waals surface area contributed by atoms with Crippen LogP contribution in [0.3, 0.4) is 0 Å². The first-order valence-electron chi connectivity index (χ1n) is 15.8. The molecule has 14 heteroatoms. The quantitative estimate of drug-likeness (QED) is 0.0582. The molecule has 0 spiro atoms. The highest BCUT2D eigenvalue weighted by Gasteiger charge is 2.32. The first-order chi connectivity index (χ1) is 22.5. The molecule has 240 valence electrons. The van der Waals surface area contributed by atoms with Gasteiger partial charge in [-0.1, -0.05) is 69.6 Å². The summed E-state index contributed by atoms with van der Waals surface area (Å²) in [7, 11) is -0.315. The number of aromatic nitrogens is 1. The molecule has 1 aliphatic heterocycles. The van der Waals surface area contributed by atoms with Crippen LogP contribution in [0.5, 0.6) is 11.5 Å². The number of nitrogens with zero attached hydrogens (tertiary/aromatic N) is 1. The van der Waals surface area contributed by atoms with Gasteiger partial charge in [-0.2, -0.15) is 0 Å². The molecule has 1 aliphatic rings. The van der Waals surface area contributed by atoms with Gasteiger partial charge >= 0.3 is 54.6 Å². The summed E-state index contributed by atoms with van der Waals surface area (Å²) in [6.45, 7) is 2.77. The van der Waals surface area contributed by atoms with E-state index in [9.17, 15) is 4.79 Å². The molecule has 46 heavy (non-hydrogen) atoms. The number of rotatable bonds is 15. The minimum absolute atomic E-state index is 0.0224. The summed E-state index contributed by atoms with van der Waals surface area (Å²) >= 11 is 0. The van der Waals surface area contributed by atoms with E-state index in [0.717, 1.165) is 47.5 Å². The first-order valence-corrected chi connectivity index (χ1v) is 21.6. The predicted molar refractivity (Wildman–Crippen MR) is 184 cm³/mol. The molecule has 0 unspecified atom stereocenters. The maximum absolute atomic E-state index is 12.8. The zero-order valence-electron chi connectivity index (χ0n) is 26.3. The third-order valence-corrected chi connectivity index (χ3v) is 15.4. The Hall–Kier alpha value is -2.39. The molecular formula is C32H39NO8Si5. The molecule has 0 saturated carbocycles. The highest BCUT2D eigenvalue weighted by molar-refractivity contribution is 6.74. The molecule has 0 atom stereocenters. The van der Waals surface area contributed by atoms with Gasteiger partial charge in [0.2, 0.25) is 0 Å². The van der Waals surface area contributed by atoms with Crippen LogP contribution in [0, 0.1) is 0 Å². The summed E-state index contributed by atoms with van der Waals surface area (Å²) in [6.07, 6.45) is 10.7. The van der Waals surface area contributed by atoms with Gasteiger partial charge in [0.1, 0.15) is 11.5 Å². The van der Waals surface area contributed by atoms with Crippen LogP contribution in [0.2, 0.25) is 12.6 Å². The van der Waals surface area contributed by atoms with Crippen molar-refractivity contribution in [3.63, 3.8) is 0 Å². The Labute approximate surface area is 282 Å². The van der Waals surface area contributed by atoms with Gasteiger partial charge in [0.15, 0.2) is 0 Å². The van der Waals surface area contributed by atoms with Gasteiger partial charge in [0.05, 0.1) is 17.7 Å². The molecule has 0 amide bonds. The second kappa shape index (κ2) is 18.2. The zero-order valence-corrected chi connectivity index (χ0v) is 31.3. The van der Waals surface area contributed by atoms with Crippen LogP contribution < -0.4 is 9.47 Å². The van der Waals surface area contributed by atoms with Gasteiger partial charge in [-0.3, -0.25) is 0 Å². The molecule has 1 fully saturated rings. The number of fused-ring (bicyclic) bond motifs is 3. The van der Waals surface area contributed by atoms with Crippen LogP contribution in [0.15, 0.2) is 66.7 Å². The van der Waals surface area contributed by atoms with Crippen LogP contribution in [-0.2, 0) is 27.6 Å². The number of aryl methyl sites for hydroxylation is 1. The zero-order chi connectivity index (χ0) is 32.0. The van der Waals surface area contributed by atoms with Crippen molar-refractivity contribution >= 4 is 76.4 Å². The Bertz CT molecular complexity index is 1530. The maximum Gasteiger partial charge on any atom is 0.412 e. The van der Waals surface area contributed by atoms with Crippen LogP contribution in [0.25, 0.3) is 21.8 Å². The molecule has 1 saturated heterocycles. The number of hydrogen-bond donors (Lipinski definition) is 0. The number of carbonyl (C=O) groups is 1. The SMILES string of the molecule is Cn1c2ccccc2c2ccc(OC(=O)c3ccc(OCCCCCCCCCCC[Si]4(C)O[Si]O[Si]O[Si]O[Si]O4)cc3)cc21. The van der Waals surface area contributed by atoms with E-state index in [0.29, 0.717) is 17.9 Å². The van der Waals surface area contributed by atoms with E-state index in [2.05, 4.69) is 23.2 Å². The lowest BCUT2D eigenvalue weighted by Gasteiger charge is -2.26. The standard InChI is InChI=1S/C32H39NO8Si5/c1-33-30-15-11-10-14-28(30)29-21-20-27(24-31(29)33)36-32(34)25-16-18-26(19-17-25)35-22-12-8-6-4-3-5-7-9-13-23-46(2)40-44-38-42-37-43-39-45-41-46/h10-11,14-21,24H,3-9,12-13,22-23H2,1-2H3. The topological polar surface area (TPSA) is 86.6 Å². The second-order valence-corrected chi connectivity index (χ2v) is 18.9. The summed E-state index contributed by atoms with van der Waals surface area (Å²) in [4.78, 5) is 12.8. The predicted octanol–water partition coefficient (Wildman–Crippen LogP) is 6.75. The lowest BCUT2D eigenvalue weighted by atomic mass is 10.1. The van der Waals surface area contributed by atoms with Crippen LogP contribution >= 0.6 is 0 Å². The molecule has 4 aromatic rings. The fourth-order valence-electron chi connectivity index (χ4n) is 5.47. The van der Waals surface area contributed by atoms with Crippen LogP contribution in [0.1, 0.15) is 68.1 Å². The molecule has 3 aromatic carbocycles. The molecule has 0 N–H and O–H groups in total. The number of ether oxygens (including phenoxy) is 2. The molecular weight excluding hydrogens is 667 g/mol. The Morgan fingerprint density at radius 1 is 0.696 bits per heavy atom. The average molecular weight is 706 g/mol. The van der Waals surface area contributed by atoms with E-state index >= 15 is 0 Å². The van der Waals surface area contributed by atoms with E-state index in [4.69, 9.17) is 30.0 Å². The molecule has 5 rings (SSSR count). The molecule has 8 radical (unpaired) electrons. The maximum atomic E-state index is 12.8. The summed E-state index contributed by atoms with van der Waals surface area (Å²) < 4.78 is 41.5. The summed E-state index contributed by atoms with van der Waals surface area (Å²) in [6, 6.07) is 22.2. The van der Waals surface area contributed by atoms with E-state index < -0.39 is 8.56 Å². The summed E-state index contributed by atoms with van der Waals surface area (Å²) in [5.74, 6) is 0.911. The Morgan fingerprint density at radius 2 is 1.28 bits per heavy atom. The van der Waals surface area contributed by atoms with Gasteiger partial charge in [-0.25, -0.2) is 4.79 Å². The Morgan fingerprint density at radius 3 is 2.00 bits per heavy atom. The Kier molecular flexibility index (Phi) is 13.8. The van der Waals surface area contributed by atoms with E-state index in [-0.39, 0.29) is 46.0 Å². The summed E-state index contributed by atoms with van der Waals surface area (Å²) in [5, 5.41) is 2.33. The third-order valence-electron chi connectivity index (χ3n) is 8.00. The molecule has 2 heterocycles. The van der Waals surface area contributed by atoms with Crippen molar-refractivity contribution in [3.05, 3.63) is 72.3 Å². The number of carbonyl (C=O) groups excluding carboxylic acids is 1. The lowest BCUT2D eigenvalue weighted by Crippen LogP contribution is -2.43. The third kappa shape index (κ3) is 10.3. The lowest BCUT2D eigenvalue weighted by molar-refractivity contribution is 0.0735. The van der Waals surface area contributed by atoms with Crippen LogP contribution in [-0.4, -0.2) is 65.7 Å². The van der Waals surface area contributed by atoms with Crippen molar-refractivity contribution in [3.8, 4) is 11.5 Å². The van der Waals surface area contributed by atoms with Gasteiger partial charge in [0.25, 0.3) is 0 Å². The number of hydrogen-bond acceptors (Lipinski definition) is 8. The minimum atomic E-state index is -2.23. The fourth-order valence-corrected chi connectivity index (χ4v) is 11.7. The molecule has 9 nitrogen and oxygen atoms in total. The van der Waals surface area contributed by atoms with Gasteiger partial charge in [-0.15, -0.1) is 0 Å². The highest BCUT2D eigenvalue weighted by Crippen LogP contribution is 2.31. The Balaban J connectivity index is 0.912. The van der Waals surface area contributed by atoms with Crippen molar-refractivity contribution < 1.29 is 34.8 Å². The number of esters is 1. The van der Waals surface area contributed by atoms with Gasteiger partial charge < -0.3 is 34.6 Å². The van der Waals surface area contributed by atoms with E-state index in [1.807, 2.05) is 49.5 Å². The van der Waals surface area contributed by atoms with E-state index in [1.165, 1.54) is 43.9 Å². The van der Waals surface area contributed by atoms with E-state index in [1.54, 1.807) is 12.1 Å². The summed E-state index contributed by atoms with van der Waals surface area (Å²) in [5.41, 5.74) is 2.67. The number of para-hydroxylation sites is 1. The van der Waals surface area contributed by atoms with Crippen molar-refractivity contribution in [2.45, 2.75) is 70.4 Å². The highest BCUT2D eigenvalue weighted by atomic mass is 28.5. The first kappa shape index (κ1) is 34.9. The monoisotopic (exact) mass is 705 g/mol. The van der Waals surface area contributed by atoms with Crippen molar-refractivity contribution in [1.82, 2.24) is 4.57 Å². The number of benzene rings is 3. The molecule has 0 bridgehead atoms. The minimum Gasteiger partial charge on any atom is -0.494 e. The average Bonchev–Trinajstić information content (AvgIpc) is 3.35. The second-order valence-electron chi connectivity index (χ2n) is 11.4. The smallest absolute Gasteiger partial charge is 0.412 e. The van der Waals surface area contributed by atoms with Crippen LogP contribution in [0.4, 0.5) is 0 Å². The van der Waals surface area contributed by atoms with Gasteiger partial charge in [-0.05, 0) is 61.5 Å². The number of unbranched alkanes of at least 4 members (excludes halogenated alkanes) is 8. The van der Waals surface area contributed by atoms with Gasteiger partial charge in [0, 0.05) is 29.4 Å². The normalized spacial score (nSPS) is 15.6. The van der Waals surface area contributed by atoms with Crippen molar-refractivity contribution in [1.29, 1.82) is 0 Å². The molecule has 0 aliphatic carbocycles. The van der Waals surface area contributed by atoms with Crippen molar-refractivity contribution in [2.24, 2.45) is 7.05 Å². The fraction of sp³-hybridized carbons (Fsp3) is 0.406. The molecule has 1 aromatic heterocycles. The largest absolute Gasteiger partial charge is 0.494 e.